The van der Waals surface area contributed by atoms with Crippen molar-refractivity contribution in [3.8, 4) is 0 Å². The summed E-state index contributed by atoms with van der Waals surface area (Å²) >= 11 is 0. The second-order valence-electron chi connectivity index (χ2n) is 3.68. The van der Waals surface area contributed by atoms with Crippen LogP contribution in [0.2, 0.25) is 0 Å². The van der Waals surface area contributed by atoms with Gasteiger partial charge in [0.15, 0.2) is 0 Å². The third kappa shape index (κ3) is 9.30. The molecule has 0 heterocycles. The Bertz CT molecular complexity index is 147. The van der Waals surface area contributed by atoms with Crippen molar-refractivity contribution in [2.75, 3.05) is 19.6 Å². The predicted octanol–water partition coefficient (Wildman–Crippen LogP) is -0.271. The average molecular weight is 188 g/mol. The van der Waals surface area contributed by atoms with Crippen molar-refractivity contribution < 1.29 is 9.90 Å². The van der Waals surface area contributed by atoms with Crippen molar-refractivity contribution in [3.05, 3.63) is 0 Å². The highest BCUT2D eigenvalue weighted by Crippen LogP contribution is 1.86. The largest absolute Gasteiger partial charge is 0.392 e. The van der Waals surface area contributed by atoms with Crippen LogP contribution in [-0.4, -0.2) is 36.8 Å². The molecule has 0 saturated carbocycles. The lowest BCUT2D eigenvalue weighted by molar-refractivity contribution is -0.120. The molecule has 0 aliphatic heterocycles. The summed E-state index contributed by atoms with van der Waals surface area (Å²) in [6.45, 7) is 7.20. The summed E-state index contributed by atoms with van der Waals surface area (Å²) in [4.78, 5) is 11.1. The molecule has 0 aliphatic carbocycles. The first-order valence-electron chi connectivity index (χ1n) is 4.68. The molecule has 0 spiro atoms. The van der Waals surface area contributed by atoms with Crippen LogP contribution in [0.5, 0.6) is 0 Å². The van der Waals surface area contributed by atoms with E-state index in [0.717, 1.165) is 0 Å². The van der Waals surface area contributed by atoms with E-state index in [0.29, 0.717) is 19.0 Å². The molecule has 13 heavy (non-hydrogen) atoms. The van der Waals surface area contributed by atoms with Crippen molar-refractivity contribution in [2.45, 2.75) is 26.9 Å². The number of hydrogen-bond donors (Lipinski definition) is 3. The van der Waals surface area contributed by atoms with E-state index in [1.165, 1.54) is 0 Å². The van der Waals surface area contributed by atoms with Gasteiger partial charge in [0, 0.05) is 13.1 Å². The third-order valence-corrected chi connectivity index (χ3v) is 1.43. The Kier molecular flexibility index (Phi) is 6.54. The standard InChI is InChI=1S/C9H20N2O2/c1-7(2)4-11-9(13)6-10-5-8(3)12/h7-8,10,12H,4-6H2,1-3H3,(H,11,13)/t8-/m0/s1. The van der Waals surface area contributed by atoms with Gasteiger partial charge in [-0.3, -0.25) is 4.79 Å². The first-order chi connectivity index (χ1) is 6.02. The molecular weight excluding hydrogens is 168 g/mol. The highest BCUT2D eigenvalue weighted by Gasteiger charge is 2.02. The Morgan fingerprint density at radius 2 is 1.92 bits per heavy atom. The fourth-order valence-electron chi connectivity index (χ4n) is 0.775. The molecule has 0 rings (SSSR count). The number of carbonyl (C=O) groups excluding carboxylic acids is 1. The van der Waals surface area contributed by atoms with E-state index in [1.807, 2.05) is 13.8 Å². The molecule has 4 heteroatoms. The summed E-state index contributed by atoms with van der Waals surface area (Å²) in [6, 6.07) is 0. The average Bonchev–Trinajstić information content (AvgIpc) is 2.00. The number of carbonyl (C=O) groups is 1. The number of aliphatic hydroxyl groups excluding tert-OH is 1. The summed E-state index contributed by atoms with van der Waals surface area (Å²) in [7, 11) is 0. The molecule has 0 aromatic carbocycles. The lowest BCUT2D eigenvalue weighted by Gasteiger charge is -2.09. The van der Waals surface area contributed by atoms with Gasteiger partial charge in [0.05, 0.1) is 12.6 Å². The van der Waals surface area contributed by atoms with Crippen LogP contribution >= 0.6 is 0 Å². The van der Waals surface area contributed by atoms with Crippen LogP contribution in [0, 0.1) is 5.92 Å². The monoisotopic (exact) mass is 188 g/mol. The zero-order chi connectivity index (χ0) is 10.3. The van der Waals surface area contributed by atoms with Crippen LogP contribution in [0.25, 0.3) is 0 Å². The minimum absolute atomic E-state index is 0.0191. The Hall–Kier alpha value is -0.610. The van der Waals surface area contributed by atoms with Gasteiger partial charge in [0.1, 0.15) is 0 Å². The predicted molar refractivity (Wildman–Crippen MR) is 52.4 cm³/mol. The van der Waals surface area contributed by atoms with E-state index >= 15 is 0 Å². The van der Waals surface area contributed by atoms with E-state index < -0.39 is 6.10 Å². The summed E-state index contributed by atoms with van der Waals surface area (Å²) in [6.07, 6.45) is -0.405. The van der Waals surface area contributed by atoms with Crippen molar-refractivity contribution in [3.63, 3.8) is 0 Å². The summed E-state index contributed by atoms with van der Waals surface area (Å²) < 4.78 is 0. The third-order valence-electron chi connectivity index (χ3n) is 1.43. The van der Waals surface area contributed by atoms with Crippen LogP contribution in [0.4, 0.5) is 0 Å². The topological polar surface area (TPSA) is 61.4 Å². The molecule has 0 fully saturated rings. The first kappa shape index (κ1) is 12.4. The second-order valence-corrected chi connectivity index (χ2v) is 3.68. The minimum Gasteiger partial charge on any atom is -0.392 e. The Morgan fingerprint density at radius 1 is 1.31 bits per heavy atom. The zero-order valence-electron chi connectivity index (χ0n) is 8.63. The maximum absolute atomic E-state index is 11.1. The molecule has 1 amide bonds. The van der Waals surface area contributed by atoms with E-state index in [4.69, 9.17) is 5.11 Å². The molecule has 0 aliphatic rings. The van der Waals surface area contributed by atoms with Gasteiger partial charge in [-0.25, -0.2) is 0 Å². The lowest BCUT2D eigenvalue weighted by atomic mass is 10.2. The van der Waals surface area contributed by atoms with Crippen molar-refractivity contribution in [2.24, 2.45) is 5.92 Å². The van der Waals surface area contributed by atoms with E-state index in [2.05, 4.69) is 10.6 Å². The van der Waals surface area contributed by atoms with E-state index in [1.54, 1.807) is 6.92 Å². The Morgan fingerprint density at radius 3 is 2.38 bits per heavy atom. The van der Waals surface area contributed by atoms with Crippen LogP contribution in [-0.2, 0) is 4.79 Å². The van der Waals surface area contributed by atoms with Crippen LogP contribution in [0.1, 0.15) is 20.8 Å². The SMILES string of the molecule is CC(C)CNC(=O)CNC[C@H](C)O. The van der Waals surface area contributed by atoms with Crippen molar-refractivity contribution in [1.29, 1.82) is 0 Å². The number of amides is 1. The number of hydrogen-bond acceptors (Lipinski definition) is 3. The molecule has 78 valence electrons. The number of rotatable bonds is 6. The summed E-state index contributed by atoms with van der Waals surface area (Å²) in [5.74, 6) is 0.454. The number of aliphatic hydroxyl groups is 1. The summed E-state index contributed by atoms with van der Waals surface area (Å²) in [5, 5.41) is 14.5. The molecule has 0 bridgehead atoms. The first-order valence-corrected chi connectivity index (χ1v) is 4.68. The van der Waals surface area contributed by atoms with Crippen LogP contribution in [0.3, 0.4) is 0 Å². The molecule has 0 unspecified atom stereocenters. The lowest BCUT2D eigenvalue weighted by Crippen LogP contribution is -2.38. The van der Waals surface area contributed by atoms with Gasteiger partial charge in [0.2, 0.25) is 5.91 Å². The zero-order valence-corrected chi connectivity index (χ0v) is 8.63. The molecule has 1 atom stereocenters. The van der Waals surface area contributed by atoms with Gasteiger partial charge >= 0.3 is 0 Å². The molecular formula is C9H20N2O2. The number of nitrogens with one attached hydrogen (secondary N) is 2. The maximum Gasteiger partial charge on any atom is 0.233 e. The molecule has 3 N–H and O–H groups in total. The molecule has 0 aromatic rings. The van der Waals surface area contributed by atoms with Gasteiger partial charge in [-0.1, -0.05) is 13.8 Å². The highest BCUT2D eigenvalue weighted by atomic mass is 16.3. The van der Waals surface area contributed by atoms with Gasteiger partial charge in [-0.05, 0) is 12.8 Å². The smallest absolute Gasteiger partial charge is 0.233 e. The van der Waals surface area contributed by atoms with E-state index in [-0.39, 0.29) is 12.5 Å². The molecule has 4 nitrogen and oxygen atoms in total. The van der Waals surface area contributed by atoms with Crippen LogP contribution < -0.4 is 10.6 Å². The summed E-state index contributed by atoms with van der Waals surface area (Å²) in [5.41, 5.74) is 0. The van der Waals surface area contributed by atoms with Crippen molar-refractivity contribution in [1.82, 2.24) is 10.6 Å². The highest BCUT2D eigenvalue weighted by molar-refractivity contribution is 5.77. The van der Waals surface area contributed by atoms with E-state index in [9.17, 15) is 4.79 Å². The normalized spacial score (nSPS) is 13.0. The maximum atomic E-state index is 11.1. The quantitative estimate of drug-likeness (QED) is 0.537. The van der Waals surface area contributed by atoms with Crippen molar-refractivity contribution >= 4 is 5.91 Å². The molecule has 0 radical (unpaired) electrons. The van der Waals surface area contributed by atoms with Gasteiger partial charge in [0.25, 0.3) is 0 Å². The fraction of sp³-hybridized carbons (Fsp3) is 0.889. The van der Waals surface area contributed by atoms with Crippen LogP contribution in [0.15, 0.2) is 0 Å². The second kappa shape index (κ2) is 6.86. The Balaban J connectivity index is 3.30. The fourth-order valence-corrected chi connectivity index (χ4v) is 0.775. The van der Waals surface area contributed by atoms with Gasteiger partial charge in [-0.15, -0.1) is 0 Å². The van der Waals surface area contributed by atoms with Gasteiger partial charge in [-0.2, -0.15) is 0 Å². The molecule has 0 saturated heterocycles. The van der Waals surface area contributed by atoms with Gasteiger partial charge < -0.3 is 15.7 Å². The molecule has 0 aromatic heterocycles. The Labute approximate surface area is 79.7 Å². The minimum atomic E-state index is -0.405.